The number of thioether (sulfide) groups is 1. The Balaban J connectivity index is 0.000000320. The van der Waals surface area contributed by atoms with Crippen LogP contribution in [0.4, 0.5) is 16.4 Å². The van der Waals surface area contributed by atoms with Crippen LogP contribution in [0.25, 0.3) is 11.2 Å². The molecule has 0 spiro atoms. The monoisotopic (exact) mass is 1290 g/mol. The number of aromatic nitrogens is 4. The number of carbonyl (C=O) groups excluding carboxylic acids is 5. The number of benzene rings is 1. The van der Waals surface area contributed by atoms with Crippen molar-refractivity contribution < 1.29 is 98.6 Å². The van der Waals surface area contributed by atoms with Crippen LogP contribution >= 0.6 is 34.6 Å². The first kappa shape index (κ1) is 68.3. The number of anilines is 2. The third-order valence-electron chi connectivity index (χ3n) is 13.0. The number of amides is 4. The van der Waals surface area contributed by atoms with Crippen LogP contribution in [0.15, 0.2) is 35.3 Å². The van der Waals surface area contributed by atoms with E-state index in [4.69, 9.17) is 30.5 Å². The molecule has 2 unspecified atom stereocenters. The number of unbranched alkanes of at least 4 members (excludes halogenated alkanes) is 1. The lowest BCUT2D eigenvalue weighted by molar-refractivity contribution is -0.870. The zero-order valence-corrected chi connectivity index (χ0v) is 48.5. The average molecular weight is 1300 g/mol. The van der Waals surface area contributed by atoms with Gasteiger partial charge in [-0.2, -0.15) is 16.7 Å². The highest BCUT2D eigenvalue weighted by Crippen LogP contribution is 2.34. The van der Waals surface area contributed by atoms with Gasteiger partial charge in [-0.05, 0) is 43.5 Å². The summed E-state index contributed by atoms with van der Waals surface area (Å²) in [5, 5.41) is 108. The Morgan fingerprint density at radius 1 is 0.939 bits per heavy atom. The van der Waals surface area contributed by atoms with Crippen molar-refractivity contribution >= 4 is 99.1 Å². The topological polar surface area (TPSA) is 489 Å². The molecule has 11 atom stereocenters. The molecule has 2 aliphatic heterocycles. The molecule has 4 amide bonds. The van der Waals surface area contributed by atoms with Crippen molar-refractivity contribution in [2.24, 2.45) is 5.41 Å². The van der Waals surface area contributed by atoms with Crippen molar-refractivity contribution in [2.75, 3.05) is 62.0 Å². The molecule has 6 rings (SSSR count). The molecule has 3 fully saturated rings. The maximum Gasteiger partial charge on any atom is 0.331 e. The second kappa shape index (κ2) is 30.4. The number of halogens is 1. The van der Waals surface area contributed by atoms with Gasteiger partial charge in [-0.25, -0.2) is 19.6 Å². The molecule has 3 aromatic rings. The van der Waals surface area contributed by atoms with Gasteiger partial charge in [0.15, 0.2) is 23.4 Å². The van der Waals surface area contributed by atoms with Crippen molar-refractivity contribution in [3.05, 3.63) is 52.1 Å². The number of carboxylic acids is 2. The van der Waals surface area contributed by atoms with Gasteiger partial charge in [-0.3, -0.25) is 33.8 Å². The number of H-pyrrole nitrogens is 1. The van der Waals surface area contributed by atoms with Gasteiger partial charge < -0.3 is 95.1 Å². The van der Waals surface area contributed by atoms with Crippen molar-refractivity contribution in [1.82, 2.24) is 41.2 Å². The predicted octanol–water partition coefficient (Wildman–Crippen LogP) is -3.42. The molecule has 33 heteroatoms. The summed E-state index contributed by atoms with van der Waals surface area (Å²) in [6, 6.07) is 4.56. The van der Waals surface area contributed by atoms with Crippen molar-refractivity contribution in [2.45, 2.75) is 131 Å². The highest BCUT2D eigenvalue weighted by molar-refractivity contribution is 14.1. The van der Waals surface area contributed by atoms with Gasteiger partial charge in [0, 0.05) is 47.1 Å². The second-order valence-corrected chi connectivity index (χ2v) is 23.6. The van der Waals surface area contributed by atoms with E-state index in [0.717, 1.165) is 25.0 Å². The number of aliphatic hydroxyl groups excluding tert-OH is 7. The number of esters is 2. The van der Waals surface area contributed by atoms with E-state index in [9.17, 15) is 74.1 Å². The first-order valence-corrected chi connectivity index (χ1v) is 27.7. The molecule has 456 valence electrons. The third-order valence-corrected chi connectivity index (χ3v) is 15.4. The molecule has 17 N–H and O–H groups in total. The Bertz CT molecular complexity index is 2740. The van der Waals surface area contributed by atoms with Gasteiger partial charge in [0.2, 0.25) is 11.9 Å². The molecule has 0 radical (unpaired) electrons. The number of nitrogens with two attached hydrogens (primary N) is 1. The number of nitrogens with one attached hydrogen (secondary N) is 5. The number of carbonyl (C=O) groups is 7. The number of urea groups is 1. The number of nitrogens with zero attached hydrogens (tertiary/aromatic N) is 5. The van der Waals surface area contributed by atoms with E-state index in [1.54, 1.807) is 29.1 Å². The SMILES string of the molecule is CC(C)(CO)[C@@H](O)C(=O)NCCC(=O)OCC[N+](C)(C)C.Nc1nc2ncc(CN(I)c3ccc(C(=O)N[C@@H](CCC(=O)O)C(=O)OC4(O)[C@H](O)[C@H](O)C(O)[C@H](O)[C@H]4O)cc3)nc2c(=O)[nH]1.O=C(O)CCCC[C@@H]1SC[C@@H]2NC(=O)N[C@@H]21. The highest BCUT2D eigenvalue weighted by atomic mass is 127. The summed E-state index contributed by atoms with van der Waals surface area (Å²) in [6.07, 6.45) is -9.71. The van der Waals surface area contributed by atoms with Crippen LogP contribution in [0.1, 0.15) is 74.8 Å². The van der Waals surface area contributed by atoms with E-state index in [1.165, 1.54) is 18.3 Å². The highest BCUT2D eigenvalue weighted by Gasteiger charge is 2.61. The lowest BCUT2D eigenvalue weighted by Gasteiger charge is -2.46. The first-order chi connectivity index (χ1) is 38.3. The molecule has 82 heavy (non-hydrogen) atoms. The summed E-state index contributed by atoms with van der Waals surface area (Å²) >= 11 is 3.84. The summed E-state index contributed by atoms with van der Waals surface area (Å²) in [5.41, 5.74) is 5.14. The number of quaternary nitrogens is 1. The van der Waals surface area contributed by atoms with Crippen molar-refractivity contribution in [1.29, 1.82) is 0 Å². The number of fused-ring (bicyclic) bond motifs is 2. The lowest BCUT2D eigenvalue weighted by Crippen LogP contribution is -2.72. The minimum Gasteiger partial charge on any atom is -0.481 e. The van der Waals surface area contributed by atoms with E-state index in [0.29, 0.717) is 34.3 Å². The zero-order chi connectivity index (χ0) is 61.4. The molecule has 0 bridgehead atoms. The maximum absolute atomic E-state index is 13.0. The Hall–Kier alpha value is -6.15. The molecule has 1 saturated carbocycles. The van der Waals surface area contributed by atoms with E-state index in [-0.39, 0.29) is 79.3 Å². The Kier molecular flexibility index (Phi) is 25.4. The van der Waals surface area contributed by atoms with E-state index < -0.39 is 102 Å². The van der Waals surface area contributed by atoms with Crippen LogP contribution in [-0.4, -0.2) is 236 Å². The quantitative estimate of drug-likeness (QED) is 0.00790. The molecule has 1 aliphatic carbocycles. The third kappa shape index (κ3) is 19.8. The molecule has 1 aromatic carbocycles. The molecule has 31 nitrogen and oxygen atoms in total. The van der Waals surface area contributed by atoms with E-state index in [1.807, 2.05) is 55.8 Å². The van der Waals surface area contributed by atoms with Gasteiger partial charge in [0.05, 0.1) is 87.6 Å². The van der Waals surface area contributed by atoms with E-state index >= 15 is 0 Å². The summed E-state index contributed by atoms with van der Waals surface area (Å²) < 4.78 is 12.2. The van der Waals surface area contributed by atoms with Crippen molar-refractivity contribution in [3.8, 4) is 0 Å². The summed E-state index contributed by atoms with van der Waals surface area (Å²) in [7, 11) is 6.00. The minimum atomic E-state index is -3.32. The largest absolute Gasteiger partial charge is 0.481 e. The number of aromatic amines is 1. The standard InChI is InChI=1S/C25H28IN7O12.C14H28N2O5.C10H16N2O3S/c26-33(8-10-7-28-20-14(29-10)22(42)32-24(27)31-20)11-3-1-9(2-4-11)21(41)30-12(5-6-13(34)35)23(43)45-25(44)18(39)16(37)15(36)17(38)19(25)40;1-14(2,10-17)12(19)13(20)15-7-6-11(18)21-9-8-16(3,4)5;13-8(14)4-2-1-3-7-9-6(5-16-7)11-10(15)12-9/h1-4,7,12,15-19,36-40,44H,5-6,8H2,(H,30,41)(H,34,35)(H3,27,28,31,32,42);12,17,19H,6-10H2,1-5H3;6-7,9H,1-5H2,(H,13,14)(H2,11,12,15)/p+1/t12-,15?,16-,17+,18+,19+,25?;12-;6-,7-,9-/m000/s1. The number of hydrogen-bond donors (Lipinski definition) is 16. The number of carboxylic acid groups (broad SMARTS) is 2. The van der Waals surface area contributed by atoms with Crippen LogP contribution in [0.2, 0.25) is 0 Å². The Morgan fingerprint density at radius 3 is 2.17 bits per heavy atom. The minimum absolute atomic E-state index is 0.000861. The number of hydrogen-bond acceptors (Lipinski definition) is 24. The van der Waals surface area contributed by atoms with Gasteiger partial charge in [-0.1, -0.05) is 20.3 Å². The van der Waals surface area contributed by atoms with Gasteiger partial charge in [0.25, 0.3) is 17.3 Å². The number of likely N-dealkylation sites (N-methyl/N-ethyl adjacent to an activating group) is 1. The normalized spacial score (nSPS) is 23.7. The van der Waals surface area contributed by atoms with Crippen LogP contribution in [-0.2, 0) is 40.0 Å². The Morgan fingerprint density at radius 2 is 1.57 bits per heavy atom. The summed E-state index contributed by atoms with van der Waals surface area (Å²) in [5.74, 6) is -7.90. The lowest BCUT2D eigenvalue weighted by atomic mass is 9.82. The number of nitrogen functional groups attached to an aromatic ring is 1. The fourth-order valence-corrected chi connectivity index (χ4v) is 10.2. The van der Waals surface area contributed by atoms with Crippen molar-refractivity contribution in [3.63, 3.8) is 0 Å². The second-order valence-electron chi connectivity index (χ2n) is 21.1. The molecule has 2 saturated heterocycles. The predicted molar refractivity (Wildman–Crippen MR) is 298 cm³/mol. The molecule has 3 aliphatic rings. The molecular formula is C49H73IN11O20S+. The van der Waals surface area contributed by atoms with Crippen LogP contribution in [0, 0.1) is 5.41 Å². The molecule has 2 aromatic heterocycles. The number of rotatable bonds is 24. The fraction of sp³-hybridized carbons (Fsp3) is 0.612. The first-order valence-electron chi connectivity index (χ1n) is 25.6. The summed E-state index contributed by atoms with van der Waals surface area (Å²) in [6.45, 7) is 4.17. The number of aliphatic hydroxyl groups is 8. The van der Waals surface area contributed by atoms with Crippen LogP contribution < -0.4 is 35.7 Å². The molecule has 4 heterocycles. The smallest absolute Gasteiger partial charge is 0.331 e. The molecular weight excluding hydrogens is 1220 g/mol. The maximum atomic E-state index is 13.0. The zero-order valence-electron chi connectivity index (χ0n) is 45.5. The van der Waals surface area contributed by atoms with Crippen LogP contribution in [0.3, 0.4) is 0 Å². The summed E-state index contributed by atoms with van der Waals surface area (Å²) in [4.78, 5) is 108. The number of aliphatic carboxylic acids is 2. The van der Waals surface area contributed by atoms with Crippen LogP contribution in [0.5, 0.6) is 0 Å². The van der Waals surface area contributed by atoms with Gasteiger partial charge in [-0.15, -0.1) is 0 Å². The average Bonchev–Trinajstić information content (AvgIpc) is 4.14. The van der Waals surface area contributed by atoms with E-state index in [2.05, 4.69) is 41.2 Å². The Labute approximate surface area is 487 Å². The number of ether oxygens (including phenoxy) is 2. The van der Waals surface area contributed by atoms with Gasteiger partial charge in [0.1, 0.15) is 43.6 Å². The van der Waals surface area contributed by atoms with Gasteiger partial charge >= 0.3 is 29.9 Å². The fourth-order valence-electron chi connectivity index (χ4n) is 8.00.